The Hall–Kier alpha value is -2.68. The first-order chi connectivity index (χ1) is 15.7. The zero-order chi connectivity index (χ0) is 24.0. The van der Waals surface area contributed by atoms with Crippen LogP contribution in [0.1, 0.15) is 41.3 Å². The molecule has 2 aromatic rings. The molecule has 7 nitrogen and oxygen atoms in total. The van der Waals surface area contributed by atoms with Gasteiger partial charge in [-0.15, -0.1) is 0 Å². The van der Waals surface area contributed by atoms with Gasteiger partial charge in [0, 0.05) is 18.7 Å². The molecular weight excluding hydrogens is 462 g/mol. The Kier molecular flexibility index (Phi) is 8.66. The van der Waals surface area contributed by atoms with Crippen molar-refractivity contribution in [1.29, 1.82) is 0 Å². The van der Waals surface area contributed by atoms with Crippen LogP contribution < -0.4 is 15.4 Å². The predicted molar refractivity (Wildman–Crippen MR) is 133 cm³/mol. The summed E-state index contributed by atoms with van der Waals surface area (Å²) in [7, 11) is 0. The van der Waals surface area contributed by atoms with Gasteiger partial charge in [0.1, 0.15) is 5.75 Å². The fourth-order valence-corrected chi connectivity index (χ4v) is 3.79. The lowest BCUT2D eigenvalue weighted by molar-refractivity contribution is -0.121. The van der Waals surface area contributed by atoms with Gasteiger partial charge in [-0.25, -0.2) is 0 Å². The maximum atomic E-state index is 12.7. The van der Waals surface area contributed by atoms with Crippen LogP contribution in [0.5, 0.6) is 5.75 Å². The highest BCUT2D eigenvalue weighted by atomic mass is 35.5. The van der Waals surface area contributed by atoms with Crippen LogP contribution in [0.2, 0.25) is 5.02 Å². The van der Waals surface area contributed by atoms with Crippen molar-refractivity contribution in [3.05, 3.63) is 58.1 Å². The zero-order valence-electron chi connectivity index (χ0n) is 18.9. The summed E-state index contributed by atoms with van der Waals surface area (Å²) in [6, 6.07) is 10.8. The van der Waals surface area contributed by atoms with Gasteiger partial charge in [-0.3, -0.25) is 14.9 Å². The van der Waals surface area contributed by atoms with Crippen molar-refractivity contribution >= 4 is 46.4 Å². The van der Waals surface area contributed by atoms with E-state index in [1.165, 1.54) is 0 Å². The Morgan fingerprint density at radius 1 is 1.18 bits per heavy atom. The summed E-state index contributed by atoms with van der Waals surface area (Å²) in [4.78, 5) is 26.8. The van der Waals surface area contributed by atoms with Crippen LogP contribution in [-0.4, -0.2) is 54.7 Å². The number of carbonyl (C=O) groups excluding carboxylic acids is 2. The summed E-state index contributed by atoms with van der Waals surface area (Å²) in [5, 5.41) is 5.92. The topological polar surface area (TPSA) is 79.9 Å². The SMILES string of the molecule is Cc1ccc(C(C)C)c(OCC(=O)NC(=S)Nc2cc(C(=O)N3CCOCC3)ccc2Cl)c1. The Bertz CT molecular complexity index is 1040. The number of rotatable bonds is 6. The van der Waals surface area contributed by atoms with Gasteiger partial charge in [0.2, 0.25) is 0 Å². The van der Waals surface area contributed by atoms with Gasteiger partial charge in [-0.05, 0) is 60.5 Å². The monoisotopic (exact) mass is 489 g/mol. The predicted octanol–water partition coefficient (Wildman–Crippen LogP) is 4.14. The molecule has 0 aliphatic carbocycles. The fourth-order valence-electron chi connectivity index (χ4n) is 3.41. The lowest BCUT2D eigenvalue weighted by atomic mass is 10.0. The van der Waals surface area contributed by atoms with E-state index in [1.54, 1.807) is 23.1 Å². The number of thiocarbonyl (C=S) groups is 1. The molecule has 2 N–H and O–H groups in total. The molecule has 3 rings (SSSR count). The summed E-state index contributed by atoms with van der Waals surface area (Å²) >= 11 is 11.5. The number of aryl methyl sites for hydroxylation is 1. The highest BCUT2D eigenvalue weighted by Gasteiger charge is 2.20. The summed E-state index contributed by atoms with van der Waals surface area (Å²) in [6.45, 7) is 8.03. The van der Waals surface area contributed by atoms with Gasteiger partial charge in [0.25, 0.3) is 11.8 Å². The van der Waals surface area contributed by atoms with E-state index in [0.29, 0.717) is 48.3 Å². The van der Waals surface area contributed by atoms with Crippen LogP contribution in [-0.2, 0) is 9.53 Å². The highest BCUT2D eigenvalue weighted by molar-refractivity contribution is 7.80. The standard InChI is InChI=1S/C24H28ClN3O4S/c1-15(2)18-6-4-16(3)12-21(18)32-14-22(29)27-24(33)26-20-13-17(5-7-19(20)25)23(30)28-8-10-31-11-9-28/h4-7,12-13,15H,8-11,14H2,1-3H3,(H2,26,27,29,33). The molecule has 176 valence electrons. The van der Waals surface area contributed by atoms with Crippen molar-refractivity contribution < 1.29 is 19.1 Å². The number of benzene rings is 2. The van der Waals surface area contributed by atoms with E-state index in [-0.39, 0.29) is 23.5 Å². The van der Waals surface area contributed by atoms with Crippen LogP contribution in [0.15, 0.2) is 36.4 Å². The van der Waals surface area contributed by atoms with E-state index < -0.39 is 5.91 Å². The van der Waals surface area contributed by atoms with Gasteiger partial charge in [-0.2, -0.15) is 0 Å². The van der Waals surface area contributed by atoms with Crippen LogP contribution in [0.3, 0.4) is 0 Å². The van der Waals surface area contributed by atoms with Gasteiger partial charge < -0.3 is 19.7 Å². The molecule has 33 heavy (non-hydrogen) atoms. The average molecular weight is 490 g/mol. The van der Waals surface area contributed by atoms with E-state index in [1.807, 2.05) is 25.1 Å². The van der Waals surface area contributed by atoms with E-state index in [4.69, 9.17) is 33.3 Å². The van der Waals surface area contributed by atoms with Crippen molar-refractivity contribution in [1.82, 2.24) is 10.2 Å². The molecule has 0 unspecified atom stereocenters. The van der Waals surface area contributed by atoms with Crippen LogP contribution in [0.4, 0.5) is 5.69 Å². The average Bonchev–Trinajstić information content (AvgIpc) is 2.79. The fraction of sp³-hybridized carbons (Fsp3) is 0.375. The second kappa shape index (κ2) is 11.4. The first kappa shape index (κ1) is 25.0. The van der Waals surface area contributed by atoms with Gasteiger partial charge >= 0.3 is 0 Å². The van der Waals surface area contributed by atoms with E-state index in [2.05, 4.69) is 24.5 Å². The molecule has 1 saturated heterocycles. The molecular formula is C24H28ClN3O4S. The number of carbonyl (C=O) groups is 2. The second-order valence-corrected chi connectivity index (χ2v) is 8.90. The molecule has 9 heteroatoms. The maximum Gasteiger partial charge on any atom is 0.264 e. The number of morpholine rings is 1. The molecule has 0 atom stereocenters. The van der Waals surface area contributed by atoms with Gasteiger partial charge in [-0.1, -0.05) is 37.6 Å². The minimum atomic E-state index is -0.402. The normalized spacial score (nSPS) is 13.5. The minimum absolute atomic E-state index is 0.0646. The molecule has 0 spiro atoms. The third kappa shape index (κ3) is 6.90. The number of nitrogens with zero attached hydrogens (tertiary/aromatic N) is 1. The summed E-state index contributed by atoms with van der Waals surface area (Å²) < 4.78 is 11.0. The maximum absolute atomic E-state index is 12.7. The largest absolute Gasteiger partial charge is 0.483 e. The summed E-state index contributed by atoms with van der Waals surface area (Å²) in [5.41, 5.74) is 2.99. The molecule has 0 aromatic heterocycles. The first-order valence-electron chi connectivity index (χ1n) is 10.8. The summed E-state index contributed by atoms with van der Waals surface area (Å²) in [5.74, 6) is 0.429. The zero-order valence-corrected chi connectivity index (χ0v) is 20.5. The number of amides is 2. The molecule has 1 aliphatic rings. The van der Waals surface area contributed by atoms with E-state index in [0.717, 1.165) is 11.1 Å². The van der Waals surface area contributed by atoms with Crippen LogP contribution in [0, 0.1) is 6.92 Å². The van der Waals surface area contributed by atoms with Crippen molar-refractivity contribution in [3.8, 4) is 5.75 Å². The molecule has 0 saturated carbocycles. The highest BCUT2D eigenvalue weighted by Crippen LogP contribution is 2.27. The second-order valence-electron chi connectivity index (χ2n) is 8.09. The van der Waals surface area contributed by atoms with Gasteiger partial charge in [0.15, 0.2) is 11.7 Å². The van der Waals surface area contributed by atoms with Gasteiger partial charge in [0.05, 0.1) is 23.9 Å². The Labute approximate surface area is 204 Å². The first-order valence-corrected chi connectivity index (χ1v) is 11.5. The number of hydrogen-bond donors (Lipinski definition) is 2. The number of ether oxygens (including phenoxy) is 2. The molecule has 0 bridgehead atoms. The van der Waals surface area contributed by atoms with Crippen molar-refractivity contribution in [2.75, 3.05) is 38.2 Å². The smallest absolute Gasteiger partial charge is 0.264 e. The Morgan fingerprint density at radius 2 is 1.91 bits per heavy atom. The van der Waals surface area contributed by atoms with E-state index >= 15 is 0 Å². The van der Waals surface area contributed by atoms with E-state index in [9.17, 15) is 9.59 Å². The molecule has 1 heterocycles. The molecule has 2 amide bonds. The number of anilines is 1. The molecule has 0 radical (unpaired) electrons. The Morgan fingerprint density at radius 3 is 2.61 bits per heavy atom. The molecule has 2 aromatic carbocycles. The number of hydrogen-bond acceptors (Lipinski definition) is 5. The minimum Gasteiger partial charge on any atom is -0.483 e. The van der Waals surface area contributed by atoms with Crippen LogP contribution in [0.25, 0.3) is 0 Å². The number of halogens is 1. The molecule has 1 fully saturated rings. The lowest BCUT2D eigenvalue weighted by Crippen LogP contribution is -2.40. The van der Waals surface area contributed by atoms with Crippen molar-refractivity contribution in [2.24, 2.45) is 0 Å². The third-order valence-electron chi connectivity index (χ3n) is 5.16. The van der Waals surface area contributed by atoms with Crippen molar-refractivity contribution in [3.63, 3.8) is 0 Å². The Balaban J connectivity index is 1.58. The quantitative estimate of drug-likeness (QED) is 0.594. The molecule has 1 aliphatic heterocycles. The third-order valence-corrected chi connectivity index (χ3v) is 5.70. The van der Waals surface area contributed by atoms with Crippen LogP contribution >= 0.6 is 23.8 Å². The summed E-state index contributed by atoms with van der Waals surface area (Å²) in [6.07, 6.45) is 0. The number of nitrogens with one attached hydrogen (secondary N) is 2. The van der Waals surface area contributed by atoms with Crippen molar-refractivity contribution in [2.45, 2.75) is 26.7 Å². The lowest BCUT2D eigenvalue weighted by Gasteiger charge is -2.27.